The molecular formula is C17H13N3O3S. The number of primary amides is 1. The smallest absolute Gasteiger partial charge is 0.274 e. The summed E-state index contributed by atoms with van der Waals surface area (Å²) in [5, 5.41) is 12.3. The standard InChI is InChI=1S/C17H13N3O3S/c18-17(21)12-6-7-13(14(9-12)20(22)23)10-24-15-5-1-3-11-4-2-8-19-16(11)15/h1-9H,10H2,(H2,18,21). The monoisotopic (exact) mass is 339 g/mol. The molecule has 3 rings (SSSR count). The zero-order valence-electron chi connectivity index (χ0n) is 12.5. The van der Waals surface area contributed by atoms with E-state index in [-0.39, 0.29) is 11.3 Å². The molecule has 0 atom stereocenters. The van der Waals surface area contributed by atoms with Gasteiger partial charge in [-0.05, 0) is 18.2 Å². The number of nitrogens with zero attached hydrogens (tertiary/aromatic N) is 2. The quantitative estimate of drug-likeness (QED) is 0.435. The first kappa shape index (κ1) is 15.9. The molecule has 2 N–H and O–H groups in total. The maximum absolute atomic E-state index is 11.3. The molecule has 0 aliphatic carbocycles. The summed E-state index contributed by atoms with van der Waals surface area (Å²) in [7, 11) is 0. The molecule has 7 heteroatoms. The number of fused-ring (bicyclic) bond motifs is 1. The van der Waals surface area contributed by atoms with Crippen molar-refractivity contribution < 1.29 is 9.72 Å². The molecule has 6 nitrogen and oxygen atoms in total. The number of hydrogen-bond donors (Lipinski definition) is 1. The lowest BCUT2D eigenvalue weighted by molar-refractivity contribution is -0.385. The van der Waals surface area contributed by atoms with Crippen molar-refractivity contribution >= 4 is 34.3 Å². The number of amides is 1. The van der Waals surface area contributed by atoms with Gasteiger partial charge in [0.2, 0.25) is 5.91 Å². The molecule has 120 valence electrons. The Kier molecular flexibility index (Phi) is 4.43. The zero-order valence-corrected chi connectivity index (χ0v) is 13.3. The van der Waals surface area contributed by atoms with Gasteiger partial charge in [-0.25, -0.2) is 0 Å². The Labute approximate surface area is 141 Å². The van der Waals surface area contributed by atoms with Gasteiger partial charge in [0.15, 0.2) is 0 Å². The van der Waals surface area contributed by atoms with Crippen molar-refractivity contribution in [1.82, 2.24) is 4.98 Å². The molecule has 0 saturated heterocycles. The molecule has 2 aromatic carbocycles. The van der Waals surface area contributed by atoms with E-state index in [9.17, 15) is 14.9 Å². The summed E-state index contributed by atoms with van der Waals surface area (Å²) in [5.74, 6) is -0.291. The normalized spacial score (nSPS) is 10.7. The summed E-state index contributed by atoms with van der Waals surface area (Å²) in [6.45, 7) is 0. The highest BCUT2D eigenvalue weighted by atomic mass is 32.2. The SMILES string of the molecule is NC(=O)c1ccc(CSc2cccc3cccnc23)c([N+](=O)[O-])c1. The number of carbonyl (C=O) groups is 1. The van der Waals surface area contributed by atoms with E-state index in [0.717, 1.165) is 15.8 Å². The van der Waals surface area contributed by atoms with E-state index in [1.54, 1.807) is 12.3 Å². The molecule has 1 heterocycles. The molecule has 0 aliphatic rings. The number of carbonyl (C=O) groups excluding carboxylic acids is 1. The van der Waals surface area contributed by atoms with Crippen LogP contribution >= 0.6 is 11.8 Å². The highest BCUT2D eigenvalue weighted by molar-refractivity contribution is 7.98. The van der Waals surface area contributed by atoms with Crippen molar-refractivity contribution in [3.63, 3.8) is 0 Å². The van der Waals surface area contributed by atoms with E-state index in [4.69, 9.17) is 5.73 Å². The average Bonchev–Trinajstić information content (AvgIpc) is 2.59. The van der Waals surface area contributed by atoms with E-state index in [1.807, 2.05) is 30.3 Å². The van der Waals surface area contributed by atoms with Crippen molar-refractivity contribution in [1.29, 1.82) is 0 Å². The Morgan fingerprint density at radius 2 is 2.00 bits per heavy atom. The molecule has 0 aliphatic heterocycles. The van der Waals surface area contributed by atoms with Crippen LogP contribution in [-0.2, 0) is 5.75 Å². The summed E-state index contributed by atoms with van der Waals surface area (Å²) in [4.78, 5) is 27.3. The summed E-state index contributed by atoms with van der Waals surface area (Å²) in [6.07, 6.45) is 1.72. The third-order valence-electron chi connectivity index (χ3n) is 3.55. The molecule has 0 saturated carbocycles. The molecule has 0 radical (unpaired) electrons. The lowest BCUT2D eigenvalue weighted by Crippen LogP contribution is -2.11. The van der Waals surface area contributed by atoms with E-state index in [0.29, 0.717) is 11.3 Å². The summed E-state index contributed by atoms with van der Waals surface area (Å²) < 4.78 is 0. The van der Waals surface area contributed by atoms with Crippen molar-refractivity contribution in [2.75, 3.05) is 0 Å². The average molecular weight is 339 g/mol. The largest absolute Gasteiger partial charge is 0.366 e. The molecule has 1 amide bonds. The Balaban J connectivity index is 1.91. The fourth-order valence-corrected chi connectivity index (χ4v) is 3.39. The minimum Gasteiger partial charge on any atom is -0.366 e. The maximum Gasteiger partial charge on any atom is 0.274 e. The first-order chi connectivity index (χ1) is 11.6. The molecule has 0 spiro atoms. The number of benzene rings is 2. The van der Waals surface area contributed by atoms with E-state index in [1.165, 1.54) is 23.9 Å². The number of nitro groups is 1. The van der Waals surface area contributed by atoms with Crippen LogP contribution in [0.2, 0.25) is 0 Å². The molecule has 3 aromatic rings. The number of aromatic nitrogens is 1. The maximum atomic E-state index is 11.3. The molecular weight excluding hydrogens is 326 g/mol. The summed E-state index contributed by atoms with van der Waals surface area (Å²) >= 11 is 1.47. The number of hydrogen-bond acceptors (Lipinski definition) is 5. The number of pyridine rings is 1. The van der Waals surface area contributed by atoms with Gasteiger partial charge in [0.1, 0.15) is 0 Å². The fourth-order valence-electron chi connectivity index (χ4n) is 2.36. The van der Waals surface area contributed by atoms with Gasteiger partial charge in [-0.2, -0.15) is 0 Å². The molecule has 0 bridgehead atoms. The Morgan fingerprint density at radius 1 is 1.21 bits per heavy atom. The van der Waals surface area contributed by atoms with Crippen LogP contribution in [0.1, 0.15) is 15.9 Å². The van der Waals surface area contributed by atoms with Gasteiger partial charge < -0.3 is 5.73 Å². The summed E-state index contributed by atoms with van der Waals surface area (Å²) in [6, 6.07) is 14.0. The Morgan fingerprint density at radius 3 is 2.75 bits per heavy atom. The van der Waals surface area contributed by atoms with Gasteiger partial charge in [0.25, 0.3) is 5.69 Å². The summed E-state index contributed by atoms with van der Waals surface area (Å²) in [5.41, 5.74) is 6.60. The Bertz CT molecular complexity index is 938. The van der Waals surface area contributed by atoms with E-state index < -0.39 is 10.8 Å². The van der Waals surface area contributed by atoms with E-state index >= 15 is 0 Å². The highest BCUT2D eigenvalue weighted by Gasteiger charge is 2.17. The van der Waals surface area contributed by atoms with Gasteiger partial charge in [-0.3, -0.25) is 19.9 Å². The lowest BCUT2D eigenvalue weighted by Gasteiger charge is -2.07. The van der Waals surface area contributed by atoms with Crippen LogP contribution in [0.3, 0.4) is 0 Å². The topological polar surface area (TPSA) is 99.1 Å². The van der Waals surface area contributed by atoms with Crippen LogP contribution in [-0.4, -0.2) is 15.8 Å². The Hall–Kier alpha value is -2.93. The van der Waals surface area contributed by atoms with Crippen LogP contribution in [0.15, 0.2) is 59.6 Å². The highest BCUT2D eigenvalue weighted by Crippen LogP contribution is 2.32. The van der Waals surface area contributed by atoms with Gasteiger partial charge in [-0.1, -0.05) is 24.3 Å². The van der Waals surface area contributed by atoms with Crippen LogP contribution in [0.4, 0.5) is 5.69 Å². The number of nitro benzene ring substituents is 1. The van der Waals surface area contributed by atoms with Gasteiger partial charge >= 0.3 is 0 Å². The van der Waals surface area contributed by atoms with Crippen molar-refractivity contribution in [3.8, 4) is 0 Å². The second kappa shape index (κ2) is 6.67. The molecule has 0 fully saturated rings. The van der Waals surface area contributed by atoms with Crippen LogP contribution in [0.25, 0.3) is 10.9 Å². The van der Waals surface area contributed by atoms with E-state index in [2.05, 4.69) is 4.98 Å². The predicted molar refractivity (Wildman–Crippen MR) is 92.9 cm³/mol. The molecule has 1 aromatic heterocycles. The minimum atomic E-state index is -0.685. The van der Waals surface area contributed by atoms with Gasteiger partial charge in [0.05, 0.1) is 10.4 Å². The minimum absolute atomic E-state index is 0.105. The van der Waals surface area contributed by atoms with Crippen molar-refractivity contribution in [3.05, 3.63) is 76.0 Å². The van der Waals surface area contributed by atoms with Crippen molar-refractivity contribution in [2.45, 2.75) is 10.6 Å². The predicted octanol–water partition coefficient (Wildman–Crippen LogP) is 3.53. The first-order valence-electron chi connectivity index (χ1n) is 7.10. The number of nitrogens with two attached hydrogens (primary N) is 1. The number of para-hydroxylation sites is 1. The van der Waals surface area contributed by atoms with Gasteiger partial charge in [0, 0.05) is 39.4 Å². The zero-order chi connectivity index (χ0) is 17.1. The van der Waals surface area contributed by atoms with Gasteiger partial charge in [-0.15, -0.1) is 11.8 Å². The number of rotatable bonds is 5. The van der Waals surface area contributed by atoms with Crippen molar-refractivity contribution in [2.24, 2.45) is 5.73 Å². The third kappa shape index (κ3) is 3.21. The van der Waals surface area contributed by atoms with Crippen LogP contribution in [0.5, 0.6) is 0 Å². The fraction of sp³-hybridized carbons (Fsp3) is 0.0588. The van der Waals surface area contributed by atoms with Crippen LogP contribution < -0.4 is 5.73 Å². The number of thioether (sulfide) groups is 1. The first-order valence-corrected chi connectivity index (χ1v) is 8.08. The molecule has 0 unspecified atom stereocenters. The molecule has 24 heavy (non-hydrogen) atoms. The third-order valence-corrected chi connectivity index (χ3v) is 4.64. The van der Waals surface area contributed by atoms with Crippen LogP contribution in [0, 0.1) is 10.1 Å². The second-order valence-electron chi connectivity index (χ2n) is 5.08. The second-order valence-corrected chi connectivity index (χ2v) is 6.10. The lowest BCUT2D eigenvalue weighted by atomic mass is 10.1.